The summed E-state index contributed by atoms with van der Waals surface area (Å²) in [6.07, 6.45) is 4.28. The minimum absolute atomic E-state index is 0.189. The summed E-state index contributed by atoms with van der Waals surface area (Å²) in [5, 5.41) is 3.53. The molecule has 3 unspecified atom stereocenters. The second-order valence-corrected chi connectivity index (χ2v) is 7.28. The molecule has 1 N–H and O–H groups in total. The molecule has 0 aromatic heterocycles. The maximum atomic E-state index is 11.4. The second kappa shape index (κ2) is 6.01. The zero-order valence-corrected chi connectivity index (χ0v) is 11.5. The van der Waals surface area contributed by atoms with Gasteiger partial charge in [0.2, 0.25) is 0 Å². The van der Waals surface area contributed by atoms with E-state index in [-0.39, 0.29) is 6.04 Å². The predicted molar refractivity (Wildman–Crippen MR) is 68.3 cm³/mol. The number of nitrogens with one attached hydrogen (secondary N) is 1. The summed E-state index contributed by atoms with van der Waals surface area (Å²) in [6.45, 7) is 6.63. The van der Waals surface area contributed by atoms with Crippen molar-refractivity contribution in [1.29, 1.82) is 0 Å². The fraction of sp³-hybridized carbons (Fsp3) is 1.00. The van der Waals surface area contributed by atoms with E-state index in [0.717, 1.165) is 12.8 Å². The van der Waals surface area contributed by atoms with E-state index in [1.807, 2.05) is 0 Å². The lowest BCUT2D eigenvalue weighted by Crippen LogP contribution is -2.42. The molecule has 96 valence electrons. The zero-order chi connectivity index (χ0) is 12.2. The SMILES string of the molecule is CCCC(C)C(CC)NC1CCS(=O)(=O)C1. The van der Waals surface area contributed by atoms with Crippen LogP contribution in [0.3, 0.4) is 0 Å². The molecule has 1 fully saturated rings. The van der Waals surface area contributed by atoms with Crippen LogP contribution in [-0.4, -0.2) is 32.0 Å². The third kappa shape index (κ3) is 4.06. The molecular formula is C12H25NO2S. The topological polar surface area (TPSA) is 46.2 Å². The lowest BCUT2D eigenvalue weighted by Gasteiger charge is -2.26. The van der Waals surface area contributed by atoms with Gasteiger partial charge in [0.1, 0.15) is 0 Å². The van der Waals surface area contributed by atoms with Crippen LogP contribution >= 0.6 is 0 Å². The van der Waals surface area contributed by atoms with Gasteiger partial charge in [0.05, 0.1) is 11.5 Å². The van der Waals surface area contributed by atoms with Crippen molar-refractivity contribution in [2.75, 3.05) is 11.5 Å². The van der Waals surface area contributed by atoms with Crippen molar-refractivity contribution in [3.8, 4) is 0 Å². The van der Waals surface area contributed by atoms with Crippen molar-refractivity contribution in [2.24, 2.45) is 5.92 Å². The van der Waals surface area contributed by atoms with Gasteiger partial charge in [-0.15, -0.1) is 0 Å². The fourth-order valence-electron chi connectivity index (χ4n) is 2.57. The van der Waals surface area contributed by atoms with Crippen LogP contribution in [0.2, 0.25) is 0 Å². The molecular weight excluding hydrogens is 222 g/mol. The van der Waals surface area contributed by atoms with Crippen molar-refractivity contribution in [3.63, 3.8) is 0 Å². The van der Waals surface area contributed by atoms with E-state index in [2.05, 4.69) is 26.1 Å². The first-order valence-corrected chi connectivity index (χ1v) is 8.27. The van der Waals surface area contributed by atoms with Gasteiger partial charge in [-0.2, -0.15) is 0 Å². The van der Waals surface area contributed by atoms with E-state index >= 15 is 0 Å². The number of sulfone groups is 1. The van der Waals surface area contributed by atoms with Crippen molar-refractivity contribution < 1.29 is 8.42 Å². The Morgan fingerprint density at radius 1 is 1.38 bits per heavy atom. The van der Waals surface area contributed by atoms with Crippen LogP contribution < -0.4 is 5.32 Å². The van der Waals surface area contributed by atoms with Gasteiger partial charge in [0, 0.05) is 12.1 Å². The first kappa shape index (κ1) is 14.0. The summed E-state index contributed by atoms with van der Waals surface area (Å²) >= 11 is 0. The molecule has 0 aliphatic carbocycles. The van der Waals surface area contributed by atoms with Crippen LogP contribution in [0.25, 0.3) is 0 Å². The van der Waals surface area contributed by atoms with Crippen LogP contribution in [0, 0.1) is 5.92 Å². The van der Waals surface area contributed by atoms with Crippen molar-refractivity contribution in [2.45, 2.75) is 58.5 Å². The highest BCUT2D eigenvalue weighted by Crippen LogP contribution is 2.18. The molecule has 0 radical (unpaired) electrons. The molecule has 1 aliphatic rings. The molecule has 3 nitrogen and oxygen atoms in total. The lowest BCUT2D eigenvalue weighted by molar-refractivity contribution is 0.320. The molecule has 1 saturated heterocycles. The van der Waals surface area contributed by atoms with Crippen molar-refractivity contribution in [3.05, 3.63) is 0 Å². The van der Waals surface area contributed by atoms with Crippen LogP contribution in [-0.2, 0) is 9.84 Å². The molecule has 0 spiro atoms. The van der Waals surface area contributed by atoms with Gasteiger partial charge in [0.15, 0.2) is 9.84 Å². The molecule has 0 saturated carbocycles. The van der Waals surface area contributed by atoms with Crippen LogP contribution in [0.1, 0.15) is 46.5 Å². The second-order valence-electron chi connectivity index (χ2n) is 5.05. The normalized spacial score (nSPS) is 27.8. The first-order valence-electron chi connectivity index (χ1n) is 6.45. The summed E-state index contributed by atoms with van der Waals surface area (Å²) in [6, 6.07) is 0.660. The first-order chi connectivity index (χ1) is 7.48. The molecule has 16 heavy (non-hydrogen) atoms. The van der Waals surface area contributed by atoms with E-state index in [4.69, 9.17) is 0 Å². The van der Waals surface area contributed by atoms with E-state index in [0.29, 0.717) is 23.5 Å². The summed E-state index contributed by atoms with van der Waals surface area (Å²) in [5.41, 5.74) is 0. The highest BCUT2D eigenvalue weighted by Gasteiger charge is 2.29. The largest absolute Gasteiger partial charge is 0.310 e. The molecule has 0 amide bonds. The Balaban J connectivity index is 2.45. The van der Waals surface area contributed by atoms with E-state index in [1.54, 1.807) is 0 Å². The minimum Gasteiger partial charge on any atom is -0.310 e. The van der Waals surface area contributed by atoms with Gasteiger partial charge >= 0.3 is 0 Å². The average molecular weight is 247 g/mol. The number of hydrogen-bond donors (Lipinski definition) is 1. The summed E-state index contributed by atoms with van der Waals surface area (Å²) in [7, 11) is -2.75. The van der Waals surface area contributed by atoms with Crippen LogP contribution in [0.4, 0.5) is 0 Å². The summed E-state index contributed by atoms with van der Waals surface area (Å²) in [5.74, 6) is 1.34. The Labute approximate surface area is 99.9 Å². The molecule has 4 heteroatoms. The van der Waals surface area contributed by atoms with Gasteiger partial charge in [-0.05, 0) is 25.2 Å². The smallest absolute Gasteiger partial charge is 0.151 e. The predicted octanol–water partition coefficient (Wildman–Crippen LogP) is 1.98. The van der Waals surface area contributed by atoms with Gasteiger partial charge in [-0.1, -0.05) is 27.2 Å². The third-order valence-corrected chi connectivity index (χ3v) is 5.32. The molecule has 3 atom stereocenters. The third-order valence-electron chi connectivity index (χ3n) is 3.55. The molecule has 0 bridgehead atoms. The van der Waals surface area contributed by atoms with E-state index in [9.17, 15) is 8.42 Å². The van der Waals surface area contributed by atoms with Gasteiger partial charge in [0.25, 0.3) is 0 Å². The number of hydrogen-bond acceptors (Lipinski definition) is 3. The van der Waals surface area contributed by atoms with Gasteiger partial charge in [-0.25, -0.2) is 8.42 Å². The molecule has 1 rings (SSSR count). The Bertz CT molecular complexity index is 300. The zero-order valence-electron chi connectivity index (χ0n) is 10.7. The molecule has 0 aromatic rings. The maximum absolute atomic E-state index is 11.4. The summed E-state index contributed by atoms with van der Waals surface area (Å²) in [4.78, 5) is 0. The van der Waals surface area contributed by atoms with Crippen molar-refractivity contribution >= 4 is 9.84 Å². The Kier molecular flexibility index (Phi) is 5.25. The average Bonchev–Trinajstić information content (AvgIpc) is 2.55. The Morgan fingerprint density at radius 3 is 2.50 bits per heavy atom. The highest BCUT2D eigenvalue weighted by atomic mass is 32.2. The molecule has 1 aliphatic heterocycles. The van der Waals surface area contributed by atoms with E-state index < -0.39 is 9.84 Å². The Morgan fingerprint density at radius 2 is 2.06 bits per heavy atom. The van der Waals surface area contributed by atoms with Gasteiger partial charge in [-0.3, -0.25) is 0 Å². The quantitative estimate of drug-likeness (QED) is 0.780. The minimum atomic E-state index is -2.75. The lowest BCUT2D eigenvalue weighted by atomic mass is 9.94. The monoisotopic (exact) mass is 247 g/mol. The highest BCUT2D eigenvalue weighted by molar-refractivity contribution is 7.91. The standard InChI is InChI=1S/C12H25NO2S/c1-4-6-10(3)12(5-2)13-11-7-8-16(14,15)9-11/h10-13H,4-9H2,1-3H3. The fourth-order valence-corrected chi connectivity index (χ4v) is 4.26. The van der Waals surface area contributed by atoms with E-state index in [1.165, 1.54) is 12.8 Å². The molecule has 1 heterocycles. The molecule has 0 aromatic carbocycles. The number of rotatable bonds is 6. The summed E-state index contributed by atoms with van der Waals surface area (Å²) < 4.78 is 22.7. The Hall–Kier alpha value is -0.0900. The van der Waals surface area contributed by atoms with Crippen LogP contribution in [0.15, 0.2) is 0 Å². The maximum Gasteiger partial charge on any atom is 0.151 e. The van der Waals surface area contributed by atoms with Gasteiger partial charge < -0.3 is 5.32 Å². The van der Waals surface area contributed by atoms with Crippen molar-refractivity contribution in [1.82, 2.24) is 5.32 Å². The van der Waals surface area contributed by atoms with Crippen LogP contribution in [0.5, 0.6) is 0 Å².